The summed E-state index contributed by atoms with van der Waals surface area (Å²) in [4.78, 5) is 13.8. The Hall–Kier alpha value is -1.40. The van der Waals surface area contributed by atoms with E-state index in [4.69, 9.17) is 9.26 Å². The summed E-state index contributed by atoms with van der Waals surface area (Å²) in [5, 5.41) is 13.5. The van der Waals surface area contributed by atoms with Gasteiger partial charge < -0.3 is 19.3 Å². The molecule has 1 rings (SSSR count). The van der Waals surface area contributed by atoms with Gasteiger partial charge in [0.15, 0.2) is 5.76 Å². The van der Waals surface area contributed by atoms with E-state index in [0.717, 1.165) is 0 Å². The normalized spacial score (nSPS) is 12.8. The van der Waals surface area contributed by atoms with E-state index in [9.17, 15) is 9.90 Å². The summed E-state index contributed by atoms with van der Waals surface area (Å²) in [6.45, 7) is 6.02. The predicted octanol–water partition coefficient (Wildman–Crippen LogP) is 1.19. The first-order valence-electron chi connectivity index (χ1n) is 6.27. The molecule has 0 bridgehead atoms. The van der Waals surface area contributed by atoms with Gasteiger partial charge in [-0.2, -0.15) is 0 Å². The monoisotopic (exact) mass is 270 g/mol. The highest BCUT2D eigenvalue weighted by Gasteiger charge is 2.25. The number of hydrogen-bond acceptors (Lipinski definition) is 5. The van der Waals surface area contributed by atoms with E-state index in [0.29, 0.717) is 17.0 Å². The average molecular weight is 270 g/mol. The number of hydrogen-bond donors (Lipinski definition) is 1. The van der Waals surface area contributed by atoms with Crippen LogP contribution in [0.4, 0.5) is 0 Å². The average Bonchev–Trinajstić information content (AvgIpc) is 2.70. The first-order valence-corrected chi connectivity index (χ1v) is 6.27. The van der Waals surface area contributed by atoms with Gasteiger partial charge in [0.1, 0.15) is 5.56 Å². The number of methoxy groups -OCH3 is 1. The maximum Gasteiger partial charge on any atom is 0.259 e. The van der Waals surface area contributed by atoms with Crippen LogP contribution < -0.4 is 0 Å². The van der Waals surface area contributed by atoms with Crippen molar-refractivity contribution in [3.05, 3.63) is 17.0 Å². The van der Waals surface area contributed by atoms with E-state index in [-0.39, 0.29) is 25.0 Å². The number of nitrogens with zero attached hydrogens (tertiary/aromatic N) is 2. The second-order valence-electron chi connectivity index (χ2n) is 4.96. The van der Waals surface area contributed by atoms with Crippen molar-refractivity contribution >= 4 is 5.91 Å². The molecule has 0 aliphatic rings. The number of aryl methyl sites for hydroxylation is 1. The number of aliphatic hydroxyl groups excluding tert-OH is 1. The van der Waals surface area contributed by atoms with Crippen molar-refractivity contribution in [3.8, 4) is 0 Å². The lowest BCUT2D eigenvalue weighted by atomic mass is 10.0. The van der Waals surface area contributed by atoms with Crippen LogP contribution in [0.1, 0.15) is 41.6 Å². The minimum Gasteiger partial charge on any atom is -0.389 e. The van der Waals surface area contributed by atoms with Crippen LogP contribution in [-0.4, -0.2) is 54.5 Å². The maximum absolute atomic E-state index is 12.4. The van der Waals surface area contributed by atoms with Crippen LogP contribution in [0.15, 0.2) is 4.52 Å². The number of rotatable bonds is 6. The maximum atomic E-state index is 12.4. The zero-order valence-electron chi connectivity index (χ0n) is 12.1. The summed E-state index contributed by atoms with van der Waals surface area (Å²) in [6, 6.07) is 0. The van der Waals surface area contributed by atoms with Gasteiger partial charge in [0.05, 0.1) is 18.4 Å². The van der Waals surface area contributed by atoms with E-state index in [1.54, 1.807) is 14.0 Å². The van der Waals surface area contributed by atoms with Crippen molar-refractivity contribution < 1.29 is 19.2 Å². The lowest BCUT2D eigenvalue weighted by Gasteiger charge is -2.20. The molecular weight excluding hydrogens is 248 g/mol. The van der Waals surface area contributed by atoms with Gasteiger partial charge >= 0.3 is 0 Å². The van der Waals surface area contributed by atoms with Gasteiger partial charge in [0, 0.05) is 26.6 Å². The van der Waals surface area contributed by atoms with Gasteiger partial charge in [-0.1, -0.05) is 19.0 Å². The number of ether oxygens (including phenoxy) is 1. The molecule has 0 radical (unpaired) electrons. The van der Waals surface area contributed by atoms with Crippen molar-refractivity contribution in [2.24, 2.45) is 0 Å². The Morgan fingerprint density at radius 2 is 2.16 bits per heavy atom. The van der Waals surface area contributed by atoms with Gasteiger partial charge in [-0.15, -0.1) is 0 Å². The Labute approximate surface area is 113 Å². The highest BCUT2D eigenvalue weighted by molar-refractivity contribution is 5.96. The van der Waals surface area contributed by atoms with Crippen LogP contribution in [-0.2, 0) is 4.74 Å². The molecule has 6 heteroatoms. The third-order valence-corrected chi connectivity index (χ3v) is 2.82. The van der Waals surface area contributed by atoms with Crippen LogP contribution in [0, 0.1) is 6.92 Å². The molecule has 108 valence electrons. The molecule has 0 aliphatic heterocycles. The fraction of sp³-hybridized carbons (Fsp3) is 0.692. The van der Waals surface area contributed by atoms with Crippen molar-refractivity contribution in [1.29, 1.82) is 0 Å². The Kier molecular flexibility index (Phi) is 5.50. The number of amides is 1. The van der Waals surface area contributed by atoms with Gasteiger partial charge in [-0.3, -0.25) is 4.79 Å². The number of carbonyl (C=O) groups excluding carboxylic acids is 1. The summed E-state index contributed by atoms with van der Waals surface area (Å²) in [6.07, 6.45) is -0.707. The van der Waals surface area contributed by atoms with E-state index < -0.39 is 6.10 Å². The smallest absolute Gasteiger partial charge is 0.259 e. The molecular formula is C13H22N2O4. The van der Waals surface area contributed by atoms with E-state index in [2.05, 4.69) is 5.16 Å². The molecule has 6 nitrogen and oxygen atoms in total. The van der Waals surface area contributed by atoms with Gasteiger partial charge in [0.2, 0.25) is 0 Å². The Bertz CT molecular complexity index is 428. The molecule has 1 aromatic rings. The second-order valence-corrected chi connectivity index (χ2v) is 4.96. The van der Waals surface area contributed by atoms with Gasteiger partial charge in [-0.25, -0.2) is 0 Å². The van der Waals surface area contributed by atoms with Gasteiger partial charge in [-0.05, 0) is 6.92 Å². The molecule has 0 fully saturated rings. The molecule has 1 amide bonds. The third kappa shape index (κ3) is 3.78. The number of aromatic nitrogens is 1. The predicted molar refractivity (Wildman–Crippen MR) is 70.2 cm³/mol. The minimum absolute atomic E-state index is 0.0810. The van der Waals surface area contributed by atoms with Crippen molar-refractivity contribution in [2.45, 2.75) is 32.8 Å². The van der Waals surface area contributed by atoms with Crippen molar-refractivity contribution in [1.82, 2.24) is 10.1 Å². The molecule has 19 heavy (non-hydrogen) atoms. The van der Waals surface area contributed by atoms with Crippen molar-refractivity contribution in [2.75, 3.05) is 27.3 Å². The second kappa shape index (κ2) is 6.68. The van der Waals surface area contributed by atoms with Crippen LogP contribution in [0.3, 0.4) is 0 Å². The summed E-state index contributed by atoms with van der Waals surface area (Å²) < 4.78 is 10.0. The Morgan fingerprint density at radius 1 is 1.53 bits per heavy atom. The lowest BCUT2D eigenvalue weighted by Crippen LogP contribution is -2.36. The first kappa shape index (κ1) is 15.7. The van der Waals surface area contributed by atoms with E-state index in [1.807, 2.05) is 13.8 Å². The molecule has 1 heterocycles. The van der Waals surface area contributed by atoms with Crippen LogP contribution in [0.5, 0.6) is 0 Å². The fourth-order valence-electron chi connectivity index (χ4n) is 1.88. The van der Waals surface area contributed by atoms with Crippen LogP contribution >= 0.6 is 0 Å². The minimum atomic E-state index is -0.707. The first-order chi connectivity index (χ1) is 8.88. The molecule has 0 saturated carbocycles. The zero-order valence-corrected chi connectivity index (χ0v) is 12.1. The summed E-state index contributed by atoms with van der Waals surface area (Å²) in [5.41, 5.74) is 1.06. The standard InChI is InChI=1S/C13H22N2O4/c1-8(2)12-11(9(3)14-19-12)13(17)15(4)6-10(16)7-18-5/h8,10,16H,6-7H2,1-5H3. The molecule has 1 unspecified atom stereocenters. The van der Waals surface area contributed by atoms with Crippen LogP contribution in [0.25, 0.3) is 0 Å². The summed E-state index contributed by atoms with van der Waals surface area (Å²) >= 11 is 0. The van der Waals surface area contributed by atoms with E-state index in [1.165, 1.54) is 12.0 Å². The largest absolute Gasteiger partial charge is 0.389 e. The fourth-order valence-corrected chi connectivity index (χ4v) is 1.88. The molecule has 0 saturated heterocycles. The molecule has 1 atom stereocenters. The molecule has 0 aromatic carbocycles. The zero-order chi connectivity index (χ0) is 14.6. The summed E-state index contributed by atoms with van der Waals surface area (Å²) in [5.74, 6) is 0.464. The number of carbonyl (C=O) groups is 1. The van der Waals surface area contributed by atoms with Crippen LogP contribution in [0.2, 0.25) is 0 Å². The quantitative estimate of drug-likeness (QED) is 0.840. The Morgan fingerprint density at radius 3 is 2.68 bits per heavy atom. The topological polar surface area (TPSA) is 75.8 Å². The third-order valence-electron chi connectivity index (χ3n) is 2.82. The summed E-state index contributed by atoms with van der Waals surface area (Å²) in [7, 11) is 3.14. The number of likely N-dealkylation sites (N-methyl/N-ethyl adjacent to an activating group) is 1. The number of aliphatic hydroxyl groups is 1. The van der Waals surface area contributed by atoms with Gasteiger partial charge in [0.25, 0.3) is 5.91 Å². The van der Waals surface area contributed by atoms with E-state index >= 15 is 0 Å². The Balaban J connectivity index is 2.85. The SMILES string of the molecule is COCC(O)CN(C)C(=O)c1c(C)noc1C(C)C. The molecule has 0 spiro atoms. The lowest BCUT2D eigenvalue weighted by molar-refractivity contribution is 0.0379. The highest BCUT2D eigenvalue weighted by Crippen LogP contribution is 2.23. The molecule has 1 N–H and O–H groups in total. The molecule has 1 aromatic heterocycles. The highest BCUT2D eigenvalue weighted by atomic mass is 16.5. The molecule has 0 aliphatic carbocycles. The van der Waals surface area contributed by atoms with Crippen molar-refractivity contribution in [3.63, 3.8) is 0 Å².